The third kappa shape index (κ3) is 4.71. The second kappa shape index (κ2) is 7.11. The van der Waals surface area contributed by atoms with Crippen molar-refractivity contribution in [3.63, 3.8) is 0 Å². The maximum Gasteiger partial charge on any atom is 0.418 e. The van der Waals surface area contributed by atoms with Crippen LogP contribution in [-0.4, -0.2) is 33.1 Å². The van der Waals surface area contributed by atoms with Crippen LogP contribution in [0.1, 0.15) is 5.56 Å². The predicted octanol–water partition coefficient (Wildman–Crippen LogP) is 2.45. The van der Waals surface area contributed by atoms with Gasteiger partial charge < -0.3 is 20.1 Å². The lowest BCUT2D eigenvalue weighted by atomic mass is 10.1. The molecule has 0 saturated carbocycles. The van der Waals surface area contributed by atoms with Crippen molar-refractivity contribution in [2.45, 2.75) is 12.5 Å². The molecule has 2 amide bonds. The number of alkyl halides is 3. The number of nitrogens with one attached hydrogen (secondary N) is 2. The van der Waals surface area contributed by atoms with Crippen molar-refractivity contribution in [1.29, 1.82) is 0 Å². The zero-order valence-electron chi connectivity index (χ0n) is 11.0. The van der Waals surface area contributed by atoms with Crippen LogP contribution in [0.3, 0.4) is 0 Å². The van der Waals surface area contributed by atoms with E-state index in [0.29, 0.717) is 0 Å². The number of rotatable bonds is 5. The molecule has 8 heteroatoms. The molecule has 0 heterocycles. The Hall–Kier alpha value is -1.80. The molecular formula is C12H15F3N2O3. The molecule has 0 aliphatic carbocycles. The number of carbonyl (C=O) groups excluding carboxylic acids is 1. The Morgan fingerprint density at radius 1 is 1.25 bits per heavy atom. The van der Waals surface area contributed by atoms with Gasteiger partial charge in [-0.2, -0.15) is 13.2 Å². The highest BCUT2D eigenvalue weighted by atomic mass is 19.4. The van der Waals surface area contributed by atoms with Gasteiger partial charge in [0.2, 0.25) is 0 Å². The zero-order chi connectivity index (χ0) is 15.2. The summed E-state index contributed by atoms with van der Waals surface area (Å²) in [5.41, 5.74) is -1.23. The number of carbonyl (C=O) groups is 1. The van der Waals surface area contributed by atoms with Gasteiger partial charge in [0.05, 0.1) is 17.8 Å². The van der Waals surface area contributed by atoms with Crippen LogP contribution in [0.4, 0.5) is 23.7 Å². The van der Waals surface area contributed by atoms with E-state index < -0.39 is 24.1 Å². The molecule has 0 bridgehead atoms. The lowest BCUT2D eigenvalue weighted by Gasteiger charge is -2.16. The molecule has 0 aliphatic rings. The first-order valence-corrected chi connectivity index (χ1v) is 5.65. The molecule has 0 unspecified atom stereocenters. The van der Waals surface area contributed by atoms with Crippen molar-refractivity contribution in [3.8, 4) is 0 Å². The molecule has 0 saturated heterocycles. The van der Waals surface area contributed by atoms with E-state index in [4.69, 9.17) is 9.47 Å². The summed E-state index contributed by atoms with van der Waals surface area (Å²) in [4.78, 5) is 11.5. The Morgan fingerprint density at radius 3 is 2.40 bits per heavy atom. The average molecular weight is 292 g/mol. The highest BCUT2D eigenvalue weighted by Gasteiger charge is 2.33. The molecular weight excluding hydrogens is 277 g/mol. The standard InChI is InChI=1S/C12H15F3N2O3/c1-19-10(20-2)7-16-11(18)17-9-6-4-3-5-8(9)12(13,14)15/h3-6,10H,7H2,1-2H3,(H2,16,17,18). The van der Waals surface area contributed by atoms with Gasteiger partial charge in [-0.25, -0.2) is 4.79 Å². The SMILES string of the molecule is COC(CNC(=O)Nc1ccccc1C(F)(F)F)OC. The molecule has 1 aromatic carbocycles. The van der Waals surface area contributed by atoms with Crippen molar-refractivity contribution < 1.29 is 27.4 Å². The van der Waals surface area contributed by atoms with E-state index in [9.17, 15) is 18.0 Å². The van der Waals surface area contributed by atoms with Crippen LogP contribution in [0.5, 0.6) is 0 Å². The highest BCUT2D eigenvalue weighted by Crippen LogP contribution is 2.34. The number of amides is 2. The average Bonchev–Trinajstić information content (AvgIpc) is 2.39. The Labute approximate surface area is 114 Å². The van der Waals surface area contributed by atoms with Crippen LogP contribution in [0.25, 0.3) is 0 Å². The molecule has 1 rings (SSSR count). The molecule has 2 N–H and O–H groups in total. The molecule has 0 radical (unpaired) electrons. The number of hydrogen-bond acceptors (Lipinski definition) is 3. The predicted molar refractivity (Wildman–Crippen MR) is 66.3 cm³/mol. The third-order valence-corrected chi connectivity index (χ3v) is 2.44. The smallest absolute Gasteiger partial charge is 0.354 e. The Bertz CT molecular complexity index is 448. The summed E-state index contributed by atoms with van der Waals surface area (Å²) in [5, 5.41) is 4.48. The minimum atomic E-state index is -4.54. The summed E-state index contributed by atoms with van der Waals surface area (Å²) in [6.45, 7) is 0.00696. The van der Waals surface area contributed by atoms with Crippen LogP contribution in [0.2, 0.25) is 0 Å². The van der Waals surface area contributed by atoms with Gasteiger partial charge in [0.25, 0.3) is 0 Å². The van der Waals surface area contributed by atoms with E-state index in [1.54, 1.807) is 0 Å². The topological polar surface area (TPSA) is 59.6 Å². The molecule has 1 aromatic rings. The van der Waals surface area contributed by atoms with Gasteiger partial charge >= 0.3 is 12.2 Å². The van der Waals surface area contributed by atoms with E-state index in [-0.39, 0.29) is 12.2 Å². The molecule has 0 spiro atoms. The van der Waals surface area contributed by atoms with Gasteiger partial charge in [0, 0.05) is 14.2 Å². The molecule has 0 fully saturated rings. The van der Waals surface area contributed by atoms with Crippen molar-refractivity contribution in [2.24, 2.45) is 0 Å². The number of urea groups is 1. The number of benzene rings is 1. The summed E-state index contributed by atoms with van der Waals surface area (Å²) in [6, 6.07) is 3.94. The Morgan fingerprint density at radius 2 is 1.85 bits per heavy atom. The molecule has 0 aromatic heterocycles. The minimum Gasteiger partial charge on any atom is -0.354 e. The Balaban J connectivity index is 2.67. The maximum atomic E-state index is 12.7. The number of methoxy groups -OCH3 is 2. The van der Waals surface area contributed by atoms with Gasteiger partial charge in [0.1, 0.15) is 0 Å². The zero-order valence-corrected chi connectivity index (χ0v) is 11.0. The molecule has 112 valence electrons. The van der Waals surface area contributed by atoms with Crippen molar-refractivity contribution in [1.82, 2.24) is 5.32 Å². The van der Waals surface area contributed by atoms with Crippen molar-refractivity contribution in [3.05, 3.63) is 29.8 Å². The first kappa shape index (κ1) is 16.3. The van der Waals surface area contributed by atoms with Gasteiger partial charge in [-0.1, -0.05) is 12.1 Å². The number of ether oxygens (including phenoxy) is 2. The number of para-hydroxylation sites is 1. The van der Waals surface area contributed by atoms with Gasteiger partial charge in [-0.15, -0.1) is 0 Å². The van der Waals surface area contributed by atoms with E-state index in [2.05, 4.69) is 10.6 Å². The van der Waals surface area contributed by atoms with Gasteiger partial charge in [-0.05, 0) is 12.1 Å². The van der Waals surface area contributed by atoms with Crippen molar-refractivity contribution >= 4 is 11.7 Å². The van der Waals surface area contributed by atoms with Crippen LogP contribution >= 0.6 is 0 Å². The lowest BCUT2D eigenvalue weighted by Crippen LogP contribution is -2.37. The van der Waals surface area contributed by atoms with Crippen molar-refractivity contribution in [2.75, 3.05) is 26.1 Å². The van der Waals surface area contributed by atoms with Gasteiger partial charge in [-0.3, -0.25) is 0 Å². The first-order chi connectivity index (χ1) is 9.38. The van der Waals surface area contributed by atoms with Crippen LogP contribution in [0, 0.1) is 0 Å². The normalized spacial score (nSPS) is 11.5. The summed E-state index contributed by atoms with van der Waals surface area (Å²) < 4.78 is 47.8. The van der Waals surface area contributed by atoms with E-state index in [1.165, 1.54) is 32.4 Å². The monoisotopic (exact) mass is 292 g/mol. The van der Waals surface area contributed by atoms with E-state index >= 15 is 0 Å². The lowest BCUT2D eigenvalue weighted by molar-refractivity contribution is -0.136. The summed E-state index contributed by atoms with van der Waals surface area (Å²) >= 11 is 0. The molecule has 0 aliphatic heterocycles. The fourth-order valence-corrected chi connectivity index (χ4v) is 1.44. The quantitative estimate of drug-likeness (QED) is 0.820. The summed E-state index contributed by atoms with van der Waals surface area (Å²) in [6.07, 6.45) is -5.20. The fraction of sp³-hybridized carbons (Fsp3) is 0.417. The third-order valence-electron chi connectivity index (χ3n) is 2.44. The van der Waals surface area contributed by atoms with Gasteiger partial charge in [0.15, 0.2) is 6.29 Å². The van der Waals surface area contributed by atoms with Crippen LogP contribution in [-0.2, 0) is 15.7 Å². The largest absolute Gasteiger partial charge is 0.418 e. The van der Waals surface area contributed by atoms with E-state index in [1.807, 2.05) is 0 Å². The molecule has 20 heavy (non-hydrogen) atoms. The molecule has 5 nitrogen and oxygen atoms in total. The minimum absolute atomic E-state index is 0.00696. The second-order valence-corrected chi connectivity index (χ2v) is 3.78. The summed E-state index contributed by atoms with van der Waals surface area (Å²) in [7, 11) is 2.76. The van der Waals surface area contributed by atoms with Crippen LogP contribution < -0.4 is 10.6 Å². The Kier molecular flexibility index (Phi) is 5.78. The highest BCUT2D eigenvalue weighted by molar-refractivity contribution is 5.90. The summed E-state index contributed by atoms with van der Waals surface area (Å²) in [5.74, 6) is 0. The van der Waals surface area contributed by atoms with E-state index in [0.717, 1.165) is 6.07 Å². The number of anilines is 1. The molecule has 0 atom stereocenters. The first-order valence-electron chi connectivity index (χ1n) is 5.65. The second-order valence-electron chi connectivity index (χ2n) is 3.78. The maximum absolute atomic E-state index is 12.7. The fourth-order valence-electron chi connectivity index (χ4n) is 1.44. The van der Waals surface area contributed by atoms with Crippen LogP contribution in [0.15, 0.2) is 24.3 Å². The number of halogens is 3. The number of hydrogen-bond donors (Lipinski definition) is 2.